The van der Waals surface area contributed by atoms with Crippen molar-refractivity contribution in [1.29, 1.82) is 0 Å². The molecule has 1 aromatic heterocycles. The number of carbonyl (C=O) groups is 2. The Kier molecular flexibility index (Phi) is 4.28. The summed E-state index contributed by atoms with van der Waals surface area (Å²) in [5.41, 5.74) is 1.84. The third kappa shape index (κ3) is 2.86. The van der Waals surface area contributed by atoms with Gasteiger partial charge >= 0.3 is 0 Å². The van der Waals surface area contributed by atoms with Gasteiger partial charge in [0.25, 0.3) is 0 Å². The van der Waals surface area contributed by atoms with Crippen molar-refractivity contribution in [3.05, 3.63) is 35.7 Å². The van der Waals surface area contributed by atoms with Crippen LogP contribution in [-0.4, -0.2) is 57.0 Å². The highest BCUT2D eigenvalue weighted by Gasteiger charge is 2.38. The highest BCUT2D eigenvalue weighted by molar-refractivity contribution is 6.02. The maximum absolute atomic E-state index is 12.9. The number of tetrazole rings is 1. The van der Waals surface area contributed by atoms with E-state index in [0.29, 0.717) is 18.8 Å². The summed E-state index contributed by atoms with van der Waals surface area (Å²) in [4.78, 5) is 28.2. The van der Waals surface area contributed by atoms with Crippen LogP contribution < -0.4 is 4.90 Å². The van der Waals surface area contributed by atoms with Gasteiger partial charge in [0.05, 0.1) is 0 Å². The Bertz CT molecular complexity index is 745. The molecule has 0 spiro atoms. The smallest absolute Gasteiger partial charge is 0.245 e. The minimum Gasteiger partial charge on any atom is -0.343 e. The van der Waals surface area contributed by atoms with Crippen LogP contribution in [-0.2, 0) is 16.0 Å². The van der Waals surface area contributed by atoms with Crippen molar-refractivity contribution in [1.82, 2.24) is 25.5 Å². The zero-order valence-corrected chi connectivity index (χ0v) is 13.9. The molecule has 126 valence electrons. The van der Waals surface area contributed by atoms with Crippen LogP contribution in [0, 0.1) is 0 Å². The lowest BCUT2D eigenvalue weighted by Crippen LogP contribution is -2.48. The molecule has 8 heteroatoms. The van der Waals surface area contributed by atoms with Crippen molar-refractivity contribution >= 4 is 17.5 Å². The number of aromatic nitrogens is 4. The van der Waals surface area contributed by atoms with Crippen molar-refractivity contribution in [2.75, 3.05) is 18.5 Å². The number of H-pyrrole nitrogens is 1. The molecule has 1 aliphatic heterocycles. The standard InChI is InChI=1S/C16H20N6O2/c1-10(15-17-19-20-18-15)9-21(3)16(24)14-8-12-6-4-5-7-13(12)22(14)11(2)23/h4-7,10,14H,8-9H2,1-3H3,(H,17,18,19,20)/t10-,14+/m1/s1. The second-order valence-corrected chi connectivity index (χ2v) is 6.13. The number of rotatable bonds is 4. The minimum absolute atomic E-state index is 0.0488. The van der Waals surface area contributed by atoms with Crippen molar-refractivity contribution in [3.63, 3.8) is 0 Å². The number of nitrogens with one attached hydrogen (secondary N) is 1. The molecule has 0 fully saturated rings. The first-order valence-electron chi connectivity index (χ1n) is 7.85. The molecule has 0 unspecified atom stereocenters. The lowest BCUT2D eigenvalue weighted by Gasteiger charge is -2.28. The Labute approximate surface area is 139 Å². The monoisotopic (exact) mass is 328 g/mol. The fourth-order valence-corrected chi connectivity index (χ4v) is 3.19. The number of carbonyl (C=O) groups excluding carboxylic acids is 2. The zero-order chi connectivity index (χ0) is 17.3. The fraction of sp³-hybridized carbons (Fsp3) is 0.438. The molecule has 1 N–H and O–H groups in total. The summed E-state index contributed by atoms with van der Waals surface area (Å²) >= 11 is 0. The van der Waals surface area contributed by atoms with E-state index in [9.17, 15) is 9.59 Å². The number of hydrogen-bond donors (Lipinski definition) is 1. The maximum atomic E-state index is 12.9. The number of amides is 2. The van der Waals surface area contributed by atoms with E-state index in [1.165, 1.54) is 6.92 Å². The summed E-state index contributed by atoms with van der Waals surface area (Å²) in [6.07, 6.45) is 0.537. The summed E-state index contributed by atoms with van der Waals surface area (Å²) in [6, 6.07) is 7.14. The van der Waals surface area contributed by atoms with Gasteiger partial charge in [-0.3, -0.25) is 14.5 Å². The van der Waals surface area contributed by atoms with Crippen LogP contribution >= 0.6 is 0 Å². The first-order chi connectivity index (χ1) is 11.5. The number of para-hydroxylation sites is 1. The predicted molar refractivity (Wildman–Crippen MR) is 87.3 cm³/mol. The molecule has 2 aromatic rings. The van der Waals surface area contributed by atoms with Gasteiger partial charge in [0.2, 0.25) is 11.8 Å². The predicted octanol–water partition coefficient (Wildman–Crippen LogP) is 0.739. The molecular weight excluding hydrogens is 308 g/mol. The highest BCUT2D eigenvalue weighted by Crippen LogP contribution is 2.32. The number of nitrogens with zero attached hydrogens (tertiary/aromatic N) is 5. The SMILES string of the molecule is CC(=O)N1c2ccccc2C[C@H]1C(=O)N(C)C[C@@H](C)c1nn[nH]n1. The minimum atomic E-state index is -0.498. The summed E-state index contributed by atoms with van der Waals surface area (Å²) in [6.45, 7) is 3.88. The van der Waals surface area contributed by atoms with E-state index in [1.807, 2.05) is 31.2 Å². The molecule has 0 bridgehead atoms. The van der Waals surface area contributed by atoms with Crippen LogP contribution in [0.25, 0.3) is 0 Å². The first kappa shape index (κ1) is 16.1. The van der Waals surface area contributed by atoms with Crippen LogP contribution in [0.2, 0.25) is 0 Å². The van der Waals surface area contributed by atoms with E-state index >= 15 is 0 Å². The van der Waals surface area contributed by atoms with Crippen molar-refractivity contribution in [3.8, 4) is 0 Å². The zero-order valence-electron chi connectivity index (χ0n) is 13.9. The molecule has 1 aromatic carbocycles. The Balaban J connectivity index is 1.76. The summed E-state index contributed by atoms with van der Waals surface area (Å²) < 4.78 is 0. The highest BCUT2D eigenvalue weighted by atomic mass is 16.2. The van der Waals surface area contributed by atoms with E-state index in [1.54, 1.807) is 16.8 Å². The third-order valence-electron chi connectivity index (χ3n) is 4.33. The molecule has 3 rings (SSSR count). The molecule has 2 amide bonds. The molecule has 0 aliphatic carbocycles. The quantitative estimate of drug-likeness (QED) is 0.893. The van der Waals surface area contributed by atoms with E-state index in [4.69, 9.17) is 0 Å². The number of fused-ring (bicyclic) bond motifs is 1. The average molecular weight is 328 g/mol. The van der Waals surface area contributed by atoms with Crippen LogP contribution in [0.4, 0.5) is 5.69 Å². The van der Waals surface area contributed by atoms with Crippen molar-refractivity contribution in [2.45, 2.75) is 32.2 Å². The molecule has 8 nitrogen and oxygen atoms in total. The van der Waals surface area contributed by atoms with Crippen LogP contribution in [0.1, 0.15) is 31.2 Å². The number of aromatic amines is 1. The lowest BCUT2D eigenvalue weighted by molar-refractivity contribution is -0.133. The molecule has 2 atom stereocenters. The van der Waals surface area contributed by atoms with Gasteiger partial charge in [-0.25, -0.2) is 0 Å². The number of likely N-dealkylation sites (N-methyl/N-ethyl adjacent to an activating group) is 1. The molecule has 0 radical (unpaired) electrons. The van der Waals surface area contributed by atoms with Gasteiger partial charge in [-0.15, -0.1) is 10.2 Å². The van der Waals surface area contributed by atoms with Gasteiger partial charge in [0.15, 0.2) is 5.82 Å². The Hall–Kier alpha value is -2.77. The van der Waals surface area contributed by atoms with Gasteiger partial charge in [-0.1, -0.05) is 30.3 Å². The van der Waals surface area contributed by atoms with Crippen LogP contribution in [0.3, 0.4) is 0 Å². The Morgan fingerprint density at radius 1 is 1.42 bits per heavy atom. The lowest BCUT2D eigenvalue weighted by atomic mass is 10.1. The van der Waals surface area contributed by atoms with Crippen LogP contribution in [0.5, 0.6) is 0 Å². The van der Waals surface area contributed by atoms with Crippen molar-refractivity contribution < 1.29 is 9.59 Å². The second kappa shape index (κ2) is 6.38. The molecule has 0 saturated heterocycles. The van der Waals surface area contributed by atoms with Crippen molar-refractivity contribution in [2.24, 2.45) is 0 Å². The van der Waals surface area contributed by atoms with Gasteiger partial charge in [0, 0.05) is 38.5 Å². The molecule has 1 aliphatic rings. The van der Waals surface area contributed by atoms with Crippen LogP contribution in [0.15, 0.2) is 24.3 Å². The average Bonchev–Trinajstić information content (AvgIpc) is 3.21. The van der Waals surface area contributed by atoms with Gasteiger partial charge in [0.1, 0.15) is 6.04 Å². The first-order valence-corrected chi connectivity index (χ1v) is 7.85. The van der Waals surface area contributed by atoms with E-state index < -0.39 is 6.04 Å². The molecule has 2 heterocycles. The maximum Gasteiger partial charge on any atom is 0.245 e. The van der Waals surface area contributed by atoms with E-state index in [-0.39, 0.29) is 17.7 Å². The normalized spacial score (nSPS) is 17.5. The van der Waals surface area contributed by atoms with Gasteiger partial charge in [-0.2, -0.15) is 5.21 Å². The van der Waals surface area contributed by atoms with Gasteiger partial charge < -0.3 is 4.90 Å². The third-order valence-corrected chi connectivity index (χ3v) is 4.33. The molecule has 0 saturated carbocycles. The molecule has 24 heavy (non-hydrogen) atoms. The Morgan fingerprint density at radius 2 is 2.17 bits per heavy atom. The molecular formula is C16H20N6O2. The van der Waals surface area contributed by atoms with E-state index in [2.05, 4.69) is 20.6 Å². The summed E-state index contributed by atoms with van der Waals surface area (Å²) in [7, 11) is 1.74. The number of anilines is 1. The largest absolute Gasteiger partial charge is 0.343 e. The Morgan fingerprint density at radius 3 is 2.83 bits per heavy atom. The number of benzene rings is 1. The second-order valence-electron chi connectivity index (χ2n) is 6.13. The summed E-state index contributed by atoms with van der Waals surface area (Å²) in [5, 5.41) is 13.9. The number of hydrogen-bond acceptors (Lipinski definition) is 5. The van der Waals surface area contributed by atoms with E-state index in [0.717, 1.165) is 11.3 Å². The fourth-order valence-electron chi connectivity index (χ4n) is 3.19. The van der Waals surface area contributed by atoms with Gasteiger partial charge in [-0.05, 0) is 11.6 Å². The summed E-state index contributed by atoms with van der Waals surface area (Å²) in [5.74, 6) is 0.301. The topological polar surface area (TPSA) is 95.1 Å².